The third-order valence-electron chi connectivity index (χ3n) is 4.72. The lowest BCUT2D eigenvalue weighted by atomic mass is 10.1. The van der Waals surface area contributed by atoms with Crippen molar-refractivity contribution in [3.8, 4) is 11.6 Å². The summed E-state index contributed by atoms with van der Waals surface area (Å²) in [7, 11) is 1.40. The predicted octanol–water partition coefficient (Wildman–Crippen LogP) is 4.33. The summed E-state index contributed by atoms with van der Waals surface area (Å²) < 4.78 is 48.4. The molecule has 0 spiro atoms. The molecule has 3 aromatic heterocycles. The van der Waals surface area contributed by atoms with Crippen LogP contribution in [0.2, 0.25) is 5.02 Å². The van der Waals surface area contributed by atoms with E-state index in [9.17, 15) is 18.0 Å². The minimum Gasteiger partial charge on any atom is -0.480 e. The second kappa shape index (κ2) is 6.48. The Labute approximate surface area is 167 Å². The molecule has 0 unspecified atom stereocenters. The van der Waals surface area contributed by atoms with Crippen molar-refractivity contribution < 1.29 is 17.9 Å². The average molecular weight is 423 g/mol. The van der Waals surface area contributed by atoms with Crippen molar-refractivity contribution in [3.63, 3.8) is 0 Å². The number of hydrogen-bond donors (Lipinski definition) is 0. The summed E-state index contributed by atoms with van der Waals surface area (Å²) in [5.41, 5.74) is -0.0333. The molecule has 0 fully saturated rings. The van der Waals surface area contributed by atoms with Crippen LogP contribution < -0.4 is 10.3 Å². The zero-order chi connectivity index (χ0) is 21.1. The van der Waals surface area contributed by atoms with E-state index in [1.807, 2.05) is 0 Å². The molecule has 150 valence electrons. The SMILES string of the molecule is COc1nc2c(=O)n(-c3cccnc3C)c3cc(C(F)(F)F)c(Cl)cc3n2c1C. The second-order valence-electron chi connectivity index (χ2n) is 6.43. The van der Waals surface area contributed by atoms with Gasteiger partial charge in [-0.3, -0.25) is 18.7 Å². The van der Waals surface area contributed by atoms with Crippen LogP contribution in [0.25, 0.3) is 22.4 Å². The topological polar surface area (TPSA) is 61.4 Å². The fourth-order valence-electron chi connectivity index (χ4n) is 3.40. The zero-order valence-electron chi connectivity index (χ0n) is 15.5. The number of imidazole rings is 1. The maximum absolute atomic E-state index is 13.5. The number of alkyl halides is 3. The first-order chi connectivity index (χ1) is 13.6. The highest BCUT2D eigenvalue weighted by Gasteiger charge is 2.34. The van der Waals surface area contributed by atoms with Crippen molar-refractivity contribution in [3.05, 3.63) is 62.8 Å². The number of halogens is 4. The highest BCUT2D eigenvalue weighted by atomic mass is 35.5. The third-order valence-corrected chi connectivity index (χ3v) is 5.04. The van der Waals surface area contributed by atoms with Crippen LogP contribution in [0.1, 0.15) is 17.0 Å². The summed E-state index contributed by atoms with van der Waals surface area (Å²) in [5, 5.41) is -0.480. The smallest absolute Gasteiger partial charge is 0.417 e. The van der Waals surface area contributed by atoms with Crippen LogP contribution in [0, 0.1) is 13.8 Å². The number of rotatable bonds is 2. The minimum absolute atomic E-state index is 0.00549. The van der Waals surface area contributed by atoms with E-state index in [2.05, 4.69) is 9.97 Å². The number of nitrogens with zero attached hydrogens (tertiary/aromatic N) is 4. The maximum Gasteiger partial charge on any atom is 0.417 e. The van der Waals surface area contributed by atoms with Gasteiger partial charge in [0.1, 0.15) is 0 Å². The molecule has 6 nitrogen and oxygen atoms in total. The molecule has 29 heavy (non-hydrogen) atoms. The molecule has 10 heteroatoms. The van der Waals surface area contributed by atoms with Gasteiger partial charge in [-0.25, -0.2) is 0 Å². The van der Waals surface area contributed by atoms with E-state index in [-0.39, 0.29) is 22.6 Å². The molecular weight excluding hydrogens is 409 g/mol. The molecule has 4 aromatic rings. The normalized spacial score (nSPS) is 12.1. The standard InChI is InChI=1S/C19H14ClF3N4O2/c1-9-13(5-4-6-24-9)27-14-7-11(19(21,22)23)12(20)8-15(14)26-10(2)17(29-3)25-16(26)18(27)28/h4-8H,1-3H3. The van der Waals surface area contributed by atoms with Crippen LogP contribution in [-0.4, -0.2) is 26.0 Å². The van der Waals surface area contributed by atoms with E-state index in [1.54, 1.807) is 26.0 Å². The van der Waals surface area contributed by atoms with Gasteiger partial charge >= 0.3 is 6.18 Å². The molecule has 0 aliphatic heterocycles. The summed E-state index contributed by atoms with van der Waals surface area (Å²) in [6.07, 6.45) is -3.15. The van der Waals surface area contributed by atoms with Crippen LogP contribution in [0.3, 0.4) is 0 Å². The maximum atomic E-state index is 13.5. The van der Waals surface area contributed by atoms with Gasteiger partial charge in [0.05, 0.1) is 45.8 Å². The summed E-state index contributed by atoms with van der Waals surface area (Å²) in [4.78, 5) is 21.7. The summed E-state index contributed by atoms with van der Waals surface area (Å²) in [6, 6.07) is 5.26. The van der Waals surface area contributed by atoms with Gasteiger partial charge in [-0.15, -0.1) is 0 Å². The molecule has 0 aliphatic rings. The molecule has 0 saturated heterocycles. The van der Waals surface area contributed by atoms with Crippen molar-refractivity contribution >= 4 is 28.3 Å². The molecule has 0 amide bonds. The molecule has 0 atom stereocenters. The van der Waals surface area contributed by atoms with Crippen molar-refractivity contribution in [2.75, 3.05) is 7.11 Å². The molecule has 4 rings (SSSR count). The number of methoxy groups -OCH3 is 1. The fourth-order valence-corrected chi connectivity index (χ4v) is 3.67. The minimum atomic E-state index is -4.69. The number of benzene rings is 1. The summed E-state index contributed by atoms with van der Waals surface area (Å²) in [5.74, 6) is 0.195. The molecule has 1 aromatic carbocycles. The highest BCUT2D eigenvalue weighted by molar-refractivity contribution is 6.32. The average Bonchev–Trinajstić information content (AvgIpc) is 2.99. The van der Waals surface area contributed by atoms with Crippen molar-refractivity contribution in [2.45, 2.75) is 20.0 Å². The quantitative estimate of drug-likeness (QED) is 0.482. The van der Waals surface area contributed by atoms with Crippen LogP contribution in [0.5, 0.6) is 5.88 Å². The monoisotopic (exact) mass is 422 g/mol. The van der Waals surface area contributed by atoms with E-state index in [0.29, 0.717) is 17.1 Å². The Morgan fingerprint density at radius 1 is 1.17 bits per heavy atom. The first kappa shape index (κ1) is 19.3. The van der Waals surface area contributed by atoms with E-state index >= 15 is 0 Å². The molecule has 0 radical (unpaired) electrons. The second-order valence-corrected chi connectivity index (χ2v) is 6.84. The summed E-state index contributed by atoms with van der Waals surface area (Å²) in [6.45, 7) is 3.32. The van der Waals surface area contributed by atoms with Gasteiger partial charge in [0.25, 0.3) is 5.56 Å². The number of aryl methyl sites for hydroxylation is 2. The molecule has 0 saturated carbocycles. The first-order valence-corrected chi connectivity index (χ1v) is 8.83. The van der Waals surface area contributed by atoms with Crippen LogP contribution >= 0.6 is 11.6 Å². The van der Waals surface area contributed by atoms with E-state index < -0.39 is 22.3 Å². The molecule has 0 aliphatic carbocycles. The van der Waals surface area contributed by atoms with Crippen LogP contribution in [0.4, 0.5) is 13.2 Å². The molecule has 0 N–H and O–H groups in total. The van der Waals surface area contributed by atoms with Gasteiger partial charge < -0.3 is 4.74 Å². The zero-order valence-corrected chi connectivity index (χ0v) is 16.3. The molecule has 3 heterocycles. The van der Waals surface area contributed by atoms with Crippen molar-refractivity contribution in [2.24, 2.45) is 0 Å². The Morgan fingerprint density at radius 3 is 2.52 bits per heavy atom. The third kappa shape index (κ3) is 2.84. The van der Waals surface area contributed by atoms with Crippen LogP contribution in [0.15, 0.2) is 35.3 Å². The Morgan fingerprint density at radius 2 is 1.90 bits per heavy atom. The Balaban J connectivity index is 2.30. The van der Waals surface area contributed by atoms with Gasteiger partial charge in [-0.1, -0.05) is 11.6 Å². The van der Waals surface area contributed by atoms with Crippen molar-refractivity contribution in [1.29, 1.82) is 0 Å². The first-order valence-electron chi connectivity index (χ1n) is 8.45. The van der Waals surface area contributed by atoms with Crippen molar-refractivity contribution in [1.82, 2.24) is 18.9 Å². The summed E-state index contributed by atoms with van der Waals surface area (Å²) >= 11 is 5.97. The van der Waals surface area contributed by atoms with Gasteiger partial charge in [0.15, 0.2) is 0 Å². The highest BCUT2D eigenvalue weighted by Crippen LogP contribution is 2.38. The van der Waals surface area contributed by atoms with Crippen LogP contribution in [-0.2, 0) is 6.18 Å². The van der Waals surface area contributed by atoms with Gasteiger partial charge in [-0.05, 0) is 38.1 Å². The Kier molecular flexibility index (Phi) is 4.30. The lowest BCUT2D eigenvalue weighted by Crippen LogP contribution is -2.23. The number of fused-ring (bicyclic) bond motifs is 3. The van der Waals surface area contributed by atoms with E-state index in [0.717, 1.165) is 6.07 Å². The Hall–Kier alpha value is -3.07. The largest absolute Gasteiger partial charge is 0.480 e. The van der Waals surface area contributed by atoms with Gasteiger partial charge in [0, 0.05) is 6.20 Å². The number of pyridine rings is 1. The fraction of sp³-hybridized carbons (Fsp3) is 0.211. The molecular formula is C19H14ClF3N4O2. The Bertz CT molecular complexity index is 1340. The van der Waals surface area contributed by atoms with E-state index in [1.165, 1.54) is 28.3 Å². The predicted molar refractivity (Wildman–Crippen MR) is 102 cm³/mol. The number of ether oxygens (including phenoxy) is 1. The lowest BCUT2D eigenvalue weighted by molar-refractivity contribution is -0.137. The van der Waals surface area contributed by atoms with Gasteiger partial charge in [0.2, 0.25) is 11.5 Å². The molecule has 0 bridgehead atoms. The number of aromatic nitrogens is 4. The van der Waals surface area contributed by atoms with Gasteiger partial charge in [-0.2, -0.15) is 18.2 Å². The number of hydrogen-bond acceptors (Lipinski definition) is 4. The lowest BCUT2D eigenvalue weighted by Gasteiger charge is -2.17. The van der Waals surface area contributed by atoms with E-state index in [4.69, 9.17) is 16.3 Å².